The Morgan fingerprint density at radius 2 is 1.57 bits per heavy atom. The first-order valence-electron chi connectivity index (χ1n) is 9.21. The van der Waals surface area contributed by atoms with Crippen LogP contribution in [0.3, 0.4) is 0 Å². The number of benzene rings is 3. The summed E-state index contributed by atoms with van der Waals surface area (Å²) in [5.41, 5.74) is 5.81. The Morgan fingerprint density at radius 3 is 2.20 bits per heavy atom. The number of hydrogen-bond donors (Lipinski definition) is 2. The van der Waals surface area contributed by atoms with Gasteiger partial charge < -0.3 is 10.2 Å². The Hall–Kier alpha value is -3.64. The summed E-state index contributed by atoms with van der Waals surface area (Å²) < 4.78 is 0. The van der Waals surface area contributed by atoms with Gasteiger partial charge in [-0.25, -0.2) is 5.43 Å². The van der Waals surface area contributed by atoms with Gasteiger partial charge in [0.1, 0.15) is 0 Å². The van der Waals surface area contributed by atoms with E-state index in [0.29, 0.717) is 21.8 Å². The first-order valence-corrected chi connectivity index (χ1v) is 9.58. The van der Waals surface area contributed by atoms with Gasteiger partial charge in [-0.3, -0.25) is 9.59 Å². The van der Waals surface area contributed by atoms with Crippen molar-refractivity contribution in [3.8, 4) is 0 Å². The molecule has 0 saturated carbocycles. The largest absolute Gasteiger partial charge is 0.378 e. The van der Waals surface area contributed by atoms with E-state index in [9.17, 15) is 9.59 Å². The van der Waals surface area contributed by atoms with Gasteiger partial charge in [0.25, 0.3) is 11.8 Å². The highest BCUT2D eigenvalue weighted by molar-refractivity contribution is 6.34. The van der Waals surface area contributed by atoms with Crippen molar-refractivity contribution >= 4 is 41.0 Å². The maximum Gasteiger partial charge on any atom is 0.271 e. The second-order valence-electron chi connectivity index (χ2n) is 6.70. The molecular weight excluding hydrogens is 400 g/mol. The molecule has 0 heterocycles. The van der Waals surface area contributed by atoms with Crippen LogP contribution in [-0.4, -0.2) is 32.1 Å². The van der Waals surface area contributed by atoms with E-state index in [1.807, 2.05) is 43.3 Å². The molecule has 6 nitrogen and oxygen atoms in total. The van der Waals surface area contributed by atoms with Crippen molar-refractivity contribution in [1.82, 2.24) is 5.43 Å². The lowest BCUT2D eigenvalue weighted by molar-refractivity contribution is 0.0954. The van der Waals surface area contributed by atoms with E-state index in [0.717, 1.165) is 11.3 Å². The number of nitrogens with zero attached hydrogens (tertiary/aromatic N) is 2. The molecule has 2 amide bonds. The van der Waals surface area contributed by atoms with Crippen LogP contribution in [0, 0.1) is 0 Å². The van der Waals surface area contributed by atoms with E-state index in [-0.39, 0.29) is 11.8 Å². The summed E-state index contributed by atoms with van der Waals surface area (Å²) in [7, 11) is 3.94. The molecule has 0 spiro atoms. The lowest BCUT2D eigenvalue weighted by atomic mass is 10.1. The quantitative estimate of drug-likeness (QED) is 0.458. The predicted molar refractivity (Wildman–Crippen MR) is 122 cm³/mol. The molecule has 3 aromatic carbocycles. The number of carbonyl (C=O) groups is 2. The topological polar surface area (TPSA) is 73.8 Å². The number of nitrogens with one attached hydrogen (secondary N) is 2. The highest BCUT2D eigenvalue weighted by Gasteiger charge is 2.10. The van der Waals surface area contributed by atoms with E-state index >= 15 is 0 Å². The SMILES string of the molecule is CN(C)c1ccc(/C=N\NC(=O)c2ccc(NC(=O)c3ccccc3Cl)cc2)cc1. The zero-order chi connectivity index (χ0) is 21.5. The monoisotopic (exact) mass is 420 g/mol. The van der Waals surface area contributed by atoms with Gasteiger partial charge in [0.15, 0.2) is 0 Å². The molecule has 0 unspecified atom stereocenters. The van der Waals surface area contributed by atoms with Crippen molar-refractivity contribution in [2.24, 2.45) is 5.10 Å². The second kappa shape index (κ2) is 9.71. The van der Waals surface area contributed by atoms with Crippen molar-refractivity contribution in [2.75, 3.05) is 24.3 Å². The normalized spacial score (nSPS) is 10.6. The Balaban J connectivity index is 1.57. The minimum absolute atomic E-state index is 0.317. The van der Waals surface area contributed by atoms with E-state index in [1.54, 1.807) is 54.7 Å². The van der Waals surface area contributed by atoms with E-state index in [4.69, 9.17) is 11.6 Å². The Bertz CT molecular complexity index is 1060. The number of amides is 2. The number of halogens is 1. The maximum atomic E-state index is 12.3. The highest BCUT2D eigenvalue weighted by atomic mass is 35.5. The molecule has 3 aromatic rings. The number of carbonyl (C=O) groups excluding carboxylic acids is 2. The van der Waals surface area contributed by atoms with Crippen LogP contribution in [0.4, 0.5) is 11.4 Å². The fourth-order valence-corrected chi connectivity index (χ4v) is 2.86. The van der Waals surface area contributed by atoms with Gasteiger partial charge in [0, 0.05) is 31.0 Å². The molecule has 0 radical (unpaired) electrons. The summed E-state index contributed by atoms with van der Waals surface area (Å²) in [4.78, 5) is 26.5. The predicted octanol–water partition coefficient (Wildman–Crippen LogP) is 4.42. The molecule has 7 heteroatoms. The van der Waals surface area contributed by atoms with E-state index in [2.05, 4.69) is 15.8 Å². The van der Waals surface area contributed by atoms with Crippen molar-refractivity contribution in [3.63, 3.8) is 0 Å². The number of hydrogen-bond acceptors (Lipinski definition) is 4. The molecule has 2 N–H and O–H groups in total. The van der Waals surface area contributed by atoms with Gasteiger partial charge in [-0.2, -0.15) is 5.10 Å². The number of rotatable bonds is 6. The van der Waals surface area contributed by atoms with Crippen LogP contribution in [0.25, 0.3) is 0 Å². The zero-order valence-electron chi connectivity index (χ0n) is 16.6. The Kier molecular flexibility index (Phi) is 6.83. The van der Waals surface area contributed by atoms with Crippen molar-refractivity contribution < 1.29 is 9.59 Å². The average molecular weight is 421 g/mol. The molecule has 0 bridgehead atoms. The third-order valence-corrected chi connectivity index (χ3v) is 4.64. The third kappa shape index (κ3) is 5.46. The maximum absolute atomic E-state index is 12.3. The summed E-state index contributed by atoms with van der Waals surface area (Å²) in [6.45, 7) is 0. The van der Waals surface area contributed by atoms with Gasteiger partial charge in [-0.1, -0.05) is 35.9 Å². The highest BCUT2D eigenvalue weighted by Crippen LogP contribution is 2.17. The van der Waals surface area contributed by atoms with Gasteiger partial charge in [-0.05, 0) is 54.1 Å². The van der Waals surface area contributed by atoms with Crippen LogP contribution < -0.4 is 15.6 Å². The molecule has 0 atom stereocenters. The summed E-state index contributed by atoms with van der Waals surface area (Å²) in [5, 5.41) is 7.12. The standard InChI is InChI=1S/C23H21ClN4O2/c1-28(2)19-13-7-16(8-14-19)15-25-27-22(29)17-9-11-18(12-10-17)26-23(30)20-5-3-4-6-21(20)24/h3-15H,1-2H3,(H,26,30)(H,27,29)/b25-15-. The minimum atomic E-state index is -0.347. The fourth-order valence-electron chi connectivity index (χ4n) is 2.64. The second-order valence-corrected chi connectivity index (χ2v) is 7.10. The zero-order valence-corrected chi connectivity index (χ0v) is 17.4. The van der Waals surface area contributed by atoms with E-state index in [1.165, 1.54) is 0 Å². The van der Waals surface area contributed by atoms with Crippen molar-refractivity contribution in [1.29, 1.82) is 0 Å². The Labute approximate surface area is 180 Å². The lowest BCUT2D eigenvalue weighted by Crippen LogP contribution is -2.18. The smallest absolute Gasteiger partial charge is 0.271 e. The first kappa shape index (κ1) is 21.1. The Morgan fingerprint density at radius 1 is 0.900 bits per heavy atom. The summed E-state index contributed by atoms with van der Waals surface area (Å²) >= 11 is 6.04. The van der Waals surface area contributed by atoms with Gasteiger partial charge in [0.05, 0.1) is 16.8 Å². The molecule has 0 aliphatic carbocycles. The van der Waals surface area contributed by atoms with Crippen LogP contribution in [0.2, 0.25) is 5.02 Å². The molecule has 30 heavy (non-hydrogen) atoms. The molecule has 0 saturated heterocycles. The molecule has 3 rings (SSSR count). The molecule has 0 aromatic heterocycles. The van der Waals surface area contributed by atoms with Crippen LogP contribution in [0.5, 0.6) is 0 Å². The van der Waals surface area contributed by atoms with Crippen LogP contribution in [0.15, 0.2) is 77.9 Å². The fraction of sp³-hybridized carbons (Fsp3) is 0.0870. The molecule has 0 aliphatic rings. The molecule has 0 aliphatic heterocycles. The lowest BCUT2D eigenvalue weighted by Gasteiger charge is -2.11. The average Bonchev–Trinajstić information content (AvgIpc) is 2.74. The molecular formula is C23H21ClN4O2. The van der Waals surface area contributed by atoms with Gasteiger partial charge >= 0.3 is 0 Å². The minimum Gasteiger partial charge on any atom is -0.378 e. The summed E-state index contributed by atoms with van der Waals surface area (Å²) in [6.07, 6.45) is 1.58. The van der Waals surface area contributed by atoms with E-state index < -0.39 is 0 Å². The van der Waals surface area contributed by atoms with Gasteiger partial charge in [0.2, 0.25) is 0 Å². The molecule has 0 fully saturated rings. The number of hydrazone groups is 1. The van der Waals surface area contributed by atoms with Gasteiger partial charge in [-0.15, -0.1) is 0 Å². The van der Waals surface area contributed by atoms with Crippen molar-refractivity contribution in [3.05, 3.63) is 94.5 Å². The van der Waals surface area contributed by atoms with Crippen LogP contribution >= 0.6 is 11.6 Å². The van der Waals surface area contributed by atoms with Crippen LogP contribution in [-0.2, 0) is 0 Å². The summed E-state index contributed by atoms with van der Waals surface area (Å²) in [5.74, 6) is -0.664. The van der Waals surface area contributed by atoms with Crippen LogP contribution in [0.1, 0.15) is 26.3 Å². The van der Waals surface area contributed by atoms with Crippen molar-refractivity contribution in [2.45, 2.75) is 0 Å². The third-order valence-electron chi connectivity index (χ3n) is 4.31. The summed E-state index contributed by atoms with van der Waals surface area (Å²) in [6, 6.07) is 21.1. The molecule has 152 valence electrons. The first-order chi connectivity index (χ1) is 14.4. The number of anilines is 2.